The van der Waals surface area contributed by atoms with Crippen molar-refractivity contribution in [2.75, 3.05) is 13.7 Å². The molecule has 0 aromatic heterocycles. The van der Waals surface area contributed by atoms with E-state index < -0.39 is 0 Å². The minimum Gasteiger partial charge on any atom is -0.497 e. The predicted octanol–water partition coefficient (Wildman–Crippen LogP) is 4.90. The van der Waals surface area contributed by atoms with Crippen molar-refractivity contribution in [3.05, 3.63) is 63.6 Å². The van der Waals surface area contributed by atoms with Crippen LogP contribution in [-0.2, 0) is 6.42 Å². The summed E-state index contributed by atoms with van der Waals surface area (Å²) in [4.78, 5) is 0. The van der Waals surface area contributed by atoms with Crippen LogP contribution in [0.1, 0.15) is 24.1 Å². The average molecular weight is 324 g/mol. The molecule has 0 spiro atoms. The second-order valence-electron chi connectivity index (χ2n) is 4.83. The van der Waals surface area contributed by atoms with E-state index in [1.54, 1.807) is 13.2 Å². The highest BCUT2D eigenvalue weighted by atomic mass is 35.5. The van der Waals surface area contributed by atoms with Gasteiger partial charge in [-0.15, -0.1) is 0 Å². The molecule has 0 bridgehead atoms. The molecule has 1 unspecified atom stereocenters. The van der Waals surface area contributed by atoms with Crippen LogP contribution < -0.4 is 10.1 Å². The van der Waals surface area contributed by atoms with Crippen LogP contribution in [-0.4, -0.2) is 13.7 Å². The fraction of sp³-hybridized carbons (Fsp3) is 0.294. The highest BCUT2D eigenvalue weighted by Gasteiger charge is 2.14. The summed E-state index contributed by atoms with van der Waals surface area (Å²) in [6.45, 7) is 2.96. The summed E-state index contributed by atoms with van der Waals surface area (Å²) in [6, 6.07) is 13.9. The summed E-state index contributed by atoms with van der Waals surface area (Å²) in [7, 11) is 1.67. The summed E-state index contributed by atoms with van der Waals surface area (Å²) in [5.41, 5.74) is 2.30. The summed E-state index contributed by atoms with van der Waals surface area (Å²) in [6.07, 6.45) is 0.860. The summed E-state index contributed by atoms with van der Waals surface area (Å²) >= 11 is 12.3. The quantitative estimate of drug-likeness (QED) is 0.816. The van der Waals surface area contributed by atoms with Crippen LogP contribution in [0.3, 0.4) is 0 Å². The minimum absolute atomic E-state index is 0.160. The zero-order valence-corrected chi connectivity index (χ0v) is 13.7. The van der Waals surface area contributed by atoms with Crippen LogP contribution in [0.4, 0.5) is 0 Å². The molecular weight excluding hydrogens is 305 g/mol. The van der Waals surface area contributed by atoms with Crippen LogP contribution in [0, 0.1) is 0 Å². The van der Waals surface area contributed by atoms with E-state index in [1.807, 2.05) is 24.3 Å². The summed E-state index contributed by atoms with van der Waals surface area (Å²) < 4.78 is 5.19. The topological polar surface area (TPSA) is 21.3 Å². The van der Waals surface area contributed by atoms with Crippen LogP contribution in [0.5, 0.6) is 5.75 Å². The van der Waals surface area contributed by atoms with Crippen molar-refractivity contribution in [2.24, 2.45) is 0 Å². The maximum absolute atomic E-state index is 6.33. The molecule has 0 heterocycles. The van der Waals surface area contributed by atoms with E-state index in [2.05, 4.69) is 24.4 Å². The van der Waals surface area contributed by atoms with E-state index in [-0.39, 0.29) is 6.04 Å². The first-order valence-electron chi connectivity index (χ1n) is 6.95. The Kier molecular flexibility index (Phi) is 5.92. The van der Waals surface area contributed by atoms with Crippen LogP contribution in [0.15, 0.2) is 42.5 Å². The van der Waals surface area contributed by atoms with E-state index >= 15 is 0 Å². The highest BCUT2D eigenvalue weighted by molar-refractivity contribution is 6.35. The SMILES string of the molecule is CCNC(Cc1ccc(OC)cc1)c1ccc(Cl)cc1Cl. The van der Waals surface area contributed by atoms with Gasteiger partial charge in [0.05, 0.1) is 7.11 Å². The first-order chi connectivity index (χ1) is 10.1. The van der Waals surface area contributed by atoms with Gasteiger partial charge in [-0.25, -0.2) is 0 Å². The third kappa shape index (κ3) is 4.37. The average Bonchev–Trinajstić information content (AvgIpc) is 2.48. The predicted molar refractivity (Wildman–Crippen MR) is 89.6 cm³/mol. The lowest BCUT2D eigenvalue weighted by Gasteiger charge is -2.20. The van der Waals surface area contributed by atoms with E-state index in [1.165, 1.54) is 5.56 Å². The van der Waals surface area contributed by atoms with Gasteiger partial charge in [-0.3, -0.25) is 0 Å². The second-order valence-corrected chi connectivity index (χ2v) is 5.67. The van der Waals surface area contributed by atoms with Crippen molar-refractivity contribution >= 4 is 23.2 Å². The number of likely N-dealkylation sites (N-methyl/N-ethyl adjacent to an activating group) is 1. The lowest BCUT2D eigenvalue weighted by Crippen LogP contribution is -2.23. The molecule has 0 aliphatic heterocycles. The first-order valence-corrected chi connectivity index (χ1v) is 7.71. The highest BCUT2D eigenvalue weighted by Crippen LogP contribution is 2.28. The molecule has 2 rings (SSSR count). The molecule has 4 heteroatoms. The Morgan fingerprint density at radius 1 is 1.10 bits per heavy atom. The number of benzene rings is 2. The first kappa shape index (κ1) is 16.2. The molecule has 1 atom stereocenters. The molecule has 0 saturated carbocycles. The van der Waals surface area contributed by atoms with Gasteiger partial charge in [-0.2, -0.15) is 0 Å². The van der Waals surface area contributed by atoms with Gasteiger partial charge < -0.3 is 10.1 Å². The molecule has 0 aliphatic carbocycles. The van der Waals surface area contributed by atoms with Crippen molar-refractivity contribution in [3.8, 4) is 5.75 Å². The van der Waals surface area contributed by atoms with Crippen LogP contribution in [0.2, 0.25) is 10.0 Å². The Hall–Kier alpha value is -1.22. The number of rotatable bonds is 6. The zero-order chi connectivity index (χ0) is 15.2. The zero-order valence-electron chi connectivity index (χ0n) is 12.2. The van der Waals surface area contributed by atoms with Crippen LogP contribution >= 0.6 is 23.2 Å². The number of halogens is 2. The minimum atomic E-state index is 0.160. The third-order valence-corrected chi connectivity index (χ3v) is 3.95. The number of hydrogen-bond donors (Lipinski definition) is 1. The van der Waals surface area contributed by atoms with Crippen LogP contribution in [0.25, 0.3) is 0 Å². The van der Waals surface area contributed by atoms with Crippen molar-refractivity contribution in [2.45, 2.75) is 19.4 Å². The van der Waals surface area contributed by atoms with Gasteiger partial charge >= 0.3 is 0 Å². The number of nitrogens with one attached hydrogen (secondary N) is 1. The van der Waals surface area contributed by atoms with E-state index in [0.717, 1.165) is 24.3 Å². The smallest absolute Gasteiger partial charge is 0.118 e. The van der Waals surface area contributed by atoms with Gasteiger partial charge in [0.1, 0.15) is 5.75 Å². The lowest BCUT2D eigenvalue weighted by atomic mass is 9.98. The van der Waals surface area contributed by atoms with Gasteiger partial charge in [0, 0.05) is 16.1 Å². The molecule has 21 heavy (non-hydrogen) atoms. The Morgan fingerprint density at radius 3 is 2.38 bits per heavy atom. The van der Waals surface area contributed by atoms with E-state index in [4.69, 9.17) is 27.9 Å². The van der Waals surface area contributed by atoms with Gasteiger partial charge in [-0.05, 0) is 48.4 Å². The van der Waals surface area contributed by atoms with Gasteiger partial charge in [0.25, 0.3) is 0 Å². The third-order valence-electron chi connectivity index (χ3n) is 3.39. The standard InChI is InChI=1S/C17H19Cl2NO/c1-3-20-17(15-9-6-13(18)11-16(15)19)10-12-4-7-14(21-2)8-5-12/h4-9,11,17,20H,3,10H2,1-2H3. The molecule has 112 valence electrons. The Morgan fingerprint density at radius 2 is 1.81 bits per heavy atom. The number of hydrogen-bond acceptors (Lipinski definition) is 2. The second kappa shape index (κ2) is 7.69. The lowest BCUT2D eigenvalue weighted by molar-refractivity contribution is 0.414. The normalized spacial score (nSPS) is 12.2. The van der Waals surface area contributed by atoms with Crippen molar-refractivity contribution in [1.82, 2.24) is 5.32 Å². The molecule has 0 aliphatic rings. The molecule has 0 fully saturated rings. The Bertz CT molecular complexity index is 584. The number of ether oxygens (including phenoxy) is 1. The summed E-state index contributed by atoms with van der Waals surface area (Å²) in [5.74, 6) is 0.864. The fourth-order valence-corrected chi connectivity index (χ4v) is 2.86. The van der Waals surface area contributed by atoms with Crippen molar-refractivity contribution in [3.63, 3.8) is 0 Å². The van der Waals surface area contributed by atoms with E-state index in [0.29, 0.717) is 10.0 Å². The largest absolute Gasteiger partial charge is 0.497 e. The molecule has 0 amide bonds. The molecule has 2 nitrogen and oxygen atoms in total. The summed E-state index contributed by atoms with van der Waals surface area (Å²) in [5, 5.41) is 4.83. The van der Waals surface area contributed by atoms with E-state index in [9.17, 15) is 0 Å². The maximum atomic E-state index is 6.33. The molecule has 0 radical (unpaired) electrons. The molecule has 1 N–H and O–H groups in total. The Labute approximate surface area is 136 Å². The van der Waals surface area contributed by atoms with Gasteiger partial charge in [-0.1, -0.05) is 48.3 Å². The van der Waals surface area contributed by atoms with Crippen molar-refractivity contribution in [1.29, 1.82) is 0 Å². The fourth-order valence-electron chi connectivity index (χ4n) is 2.32. The molecule has 2 aromatic rings. The maximum Gasteiger partial charge on any atom is 0.118 e. The Balaban J connectivity index is 2.21. The monoisotopic (exact) mass is 323 g/mol. The molecule has 2 aromatic carbocycles. The molecular formula is C17H19Cl2NO. The van der Waals surface area contributed by atoms with Gasteiger partial charge in [0.15, 0.2) is 0 Å². The van der Waals surface area contributed by atoms with Gasteiger partial charge in [0.2, 0.25) is 0 Å². The molecule has 0 saturated heterocycles. The number of methoxy groups -OCH3 is 1. The van der Waals surface area contributed by atoms with Crippen molar-refractivity contribution < 1.29 is 4.74 Å².